The van der Waals surface area contributed by atoms with E-state index in [-0.39, 0.29) is 17.8 Å². The minimum atomic E-state index is -0.776. The molecule has 0 radical (unpaired) electrons. The number of hydrogen-bond acceptors (Lipinski definition) is 6. The zero-order valence-electron chi connectivity index (χ0n) is 19.2. The number of fused-ring (bicyclic) bond motifs is 1. The Balaban J connectivity index is 1.46. The van der Waals surface area contributed by atoms with Gasteiger partial charge in [0.25, 0.3) is 0 Å². The highest BCUT2D eigenvalue weighted by molar-refractivity contribution is 5.79. The molecule has 0 N–H and O–H groups in total. The van der Waals surface area contributed by atoms with E-state index in [1.165, 1.54) is 11.8 Å². The fraction of sp³-hybridized carbons (Fsp3) is 0.214. The molecule has 1 aromatic heterocycles. The van der Waals surface area contributed by atoms with Crippen LogP contribution in [-0.2, 0) is 22.6 Å². The molecule has 0 amide bonds. The summed E-state index contributed by atoms with van der Waals surface area (Å²) in [7, 11) is 0. The van der Waals surface area contributed by atoms with Crippen LogP contribution >= 0.6 is 0 Å². The van der Waals surface area contributed by atoms with Crippen LogP contribution in [0.25, 0.3) is 11.0 Å². The molecule has 0 spiro atoms. The summed E-state index contributed by atoms with van der Waals surface area (Å²) in [6, 6.07) is 21.8. The number of aryl methyl sites for hydroxylation is 1. The molecule has 0 aliphatic heterocycles. The van der Waals surface area contributed by atoms with Crippen molar-refractivity contribution in [3.8, 4) is 17.2 Å². The molecule has 0 aliphatic carbocycles. The van der Waals surface area contributed by atoms with E-state index < -0.39 is 12.1 Å². The Morgan fingerprint density at radius 2 is 1.65 bits per heavy atom. The normalized spacial score (nSPS) is 11.7. The third-order valence-corrected chi connectivity index (χ3v) is 5.41. The van der Waals surface area contributed by atoms with Crippen LogP contribution in [0.15, 0.2) is 88.3 Å². The van der Waals surface area contributed by atoms with E-state index in [1.54, 1.807) is 18.2 Å². The van der Waals surface area contributed by atoms with Crippen LogP contribution in [-0.4, -0.2) is 12.1 Å². The van der Waals surface area contributed by atoms with Crippen molar-refractivity contribution < 1.29 is 23.4 Å². The molecule has 6 heteroatoms. The van der Waals surface area contributed by atoms with Gasteiger partial charge in [0.05, 0.1) is 5.39 Å². The molecule has 1 unspecified atom stereocenters. The van der Waals surface area contributed by atoms with Gasteiger partial charge >= 0.3 is 5.97 Å². The molecule has 0 bridgehead atoms. The van der Waals surface area contributed by atoms with Crippen LogP contribution in [0, 0.1) is 0 Å². The molecule has 0 saturated heterocycles. The fourth-order valence-corrected chi connectivity index (χ4v) is 3.44. The average molecular weight is 459 g/mol. The Morgan fingerprint density at radius 3 is 2.35 bits per heavy atom. The number of carbonyl (C=O) groups excluding carboxylic acids is 1. The van der Waals surface area contributed by atoms with Crippen molar-refractivity contribution in [2.75, 3.05) is 0 Å². The van der Waals surface area contributed by atoms with E-state index in [0.717, 1.165) is 12.0 Å². The topological polar surface area (TPSA) is 75.0 Å². The van der Waals surface area contributed by atoms with E-state index in [4.69, 9.17) is 18.6 Å². The molecule has 0 fully saturated rings. The summed E-state index contributed by atoms with van der Waals surface area (Å²) in [5.41, 5.74) is 2.13. The Morgan fingerprint density at radius 1 is 0.912 bits per heavy atom. The molecule has 3 aromatic carbocycles. The van der Waals surface area contributed by atoms with E-state index >= 15 is 0 Å². The second-order valence-corrected chi connectivity index (χ2v) is 7.79. The molecular formula is C28H26O6. The maximum atomic E-state index is 12.9. The third-order valence-electron chi connectivity index (χ3n) is 5.41. The minimum absolute atomic E-state index is 0.0985. The zero-order chi connectivity index (χ0) is 23.9. The van der Waals surface area contributed by atoms with Gasteiger partial charge < -0.3 is 18.6 Å². The summed E-state index contributed by atoms with van der Waals surface area (Å²) in [4.78, 5) is 25.4. The van der Waals surface area contributed by atoms with Gasteiger partial charge in [-0.25, -0.2) is 4.79 Å². The predicted molar refractivity (Wildman–Crippen MR) is 129 cm³/mol. The second kappa shape index (κ2) is 10.7. The average Bonchev–Trinajstić information content (AvgIpc) is 2.88. The third kappa shape index (κ3) is 5.46. The van der Waals surface area contributed by atoms with Gasteiger partial charge in [0.1, 0.15) is 30.0 Å². The number of carbonyl (C=O) groups is 1. The highest BCUT2D eigenvalue weighted by atomic mass is 16.6. The smallest absolute Gasteiger partial charge is 0.347 e. The van der Waals surface area contributed by atoms with Crippen LogP contribution in [0.3, 0.4) is 0 Å². The fourth-order valence-electron chi connectivity index (χ4n) is 3.44. The van der Waals surface area contributed by atoms with Gasteiger partial charge in [-0.15, -0.1) is 0 Å². The molecule has 0 aliphatic rings. The standard InChI is InChI=1S/C28H26O6/c1-3-19-10-12-21(13-11-19)33-26-18-31-25-16-22(14-15-23(25)27(26)29)34-24(4-2)28(30)32-17-20-8-6-5-7-9-20/h5-16,18,24H,3-4,17H2,1-2H3. The lowest BCUT2D eigenvalue weighted by molar-refractivity contribution is -0.153. The highest BCUT2D eigenvalue weighted by Gasteiger charge is 2.21. The molecule has 1 heterocycles. The zero-order valence-corrected chi connectivity index (χ0v) is 19.2. The summed E-state index contributed by atoms with van der Waals surface area (Å²) >= 11 is 0. The van der Waals surface area contributed by atoms with Gasteiger partial charge in [-0.1, -0.05) is 56.3 Å². The number of rotatable bonds is 9. The van der Waals surface area contributed by atoms with E-state index in [9.17, 15) is 9.59 Å². The van der Waals surface area contributed by atoms with Gasteiger partial charge in [0.2, 0.25) is 11.2 Å². The van der Waals surface area contributed by atoms with Crippen molar-refractivity contribution in [3.05, 3.63) is 100 Å². The Bertz CT molecular complexity index is 1310. The van der Waals surface area contributed by atoms with Crippen molar-refractivity contribution in [1.82, 2.24) is 0 Å². The van der Waals surface area contributed by atoms with Crippen molar-refractivity contribution in [3.63, 3.8) is 0 Å². The van der Waals surface area contributed by atoms with Crippen LogP contribution in [0.2, 0.25) is 0 Å². The first-order valence-corrected chi connectivity index (χ1v) is 11.3. The van der Waals surface area contributed by atoms with Gasteiger partial charge in [-0.3, -0.25) is 4.79 Å². The molecular weight excluding hydrogens is 432 g/mol. The van der Waals surface area contributed by atoms with Crippen molar-refractivity contribution in [2.45, 2.75) is 39.4 Å². The van der Waals surface area contributed by atoms with E-state index in [0.29, 0.717) is 28.9 Å². The van der Waals surface area contributed by atoms with Crippen molar-refractivity contribution >= 4 is 16.9 Å². The summed E-state index contributed by atoms with van der Waals surface area (Å²) in [5, 5.41) is 0.356. The van der Waals surface area contributed by atoms with E-state index in [2.05, 4.69) is 6.92 Å². The molecule has 4 rings (SSSR count). The maximum Gasteiger partial charge on any atom is 0.347 e. The first-order chi connectivity index (χ1) is 16.6. The first kappa shape index (κ1) is 23.1. The Hall–Kier alpha value is -4.06. The number of ether oxygens (including phenoxy) is 3. The van der Waals surface area contributed by atoms with Crippen LogP contribution < -0.4 is 14.9 Å². The van der Waals surface area contributed by atoms with Crippen LogP contribution in [0.4, 0.5) is 0 Å². The molecule has 174 valence electrons. The quantitative estimate of drug-likeness (QED) is 0.284. The molecule has 6 nitrogen and oxygen atoms in total. The monoisotopic (exact) mass is 458 g/mol. The Kier molecular flexibility index (Phi) is 7.28. The Labute approximate surface area is 197 Å². The maximum absolute atomic E-state index is 12.9. The van der Waals surface area contributed by atoms with Gasteiger partial charge in [-0.05, 0) is 48.2 Å². The lowest BCUT2D eigenvalue weighted by Gasteiger charge is -2.17. The predicted octanol–water partition coefficient (Wildman–Crippen LogP) is 6.05. The van der Waals surface area contributed by atoms with E-state index in [1.807, 2.05) is 61.5 Å². The van der Waals surface area contributed by atoms with Gasteiger partial charge in [0, 0.05) is 6.07 Å². The largest absolute Gasteiger partial charge is 0.479 e. The molecule has 1 atom stereocenters. The summed E-state index contributed by atoms with van der Waals surface area (Å²) in [5.74, 6) is 0.610. The number of esters is 1. The number of hydrogen-bond donors (Lipinski definition) is 0. The van der Waals surface area contributed by atoms with Gasteiger partial charge in [-0.2, -0.15) is 0 Å². The lowest BCUT2D eigenvalue weighted by Crippen LogP contribution is -2.28. The lowest BCUT2D eigenvalue weighted by atomic mass is 10.2. The minimum Gasteiger partial charge on any atom is -0.479 e. The number of benzene rings is 3. The SMILES string of the molecule is CCc1ccc(Oc2coc3cc(OC(CC)C(=O)OCc4ccccc4)ccc3c2=O)cc1. The van der Waals surface area contributed by atoms with Gasteiger partial charge in [0.15, 0.2) is 6.10 Å². The highest BCUT2D eigenvalue weighted by Crippen LogP contribution is 2.25. The van der Waals surface area contributed by atoms with Crippen LogP contribution in [0.5, 0.6) is 17.2 Å². The molecule has 0 saturated carbocycles. The van der Waals surface area contributed by atoms with Crippen molar-refractivity contribution in [2.24, 2.45) is 0 Å². The van der Waals surface area contributed by atoms with Crippen molar-refractivity contribution in [1.29, 1.82) is 0 Å². The summed E-state index contributed by atoms with van der Waals surface area (Å²) in [6.07, 6.45) is 1.86. The summed E-state index contributed by atoms with van der Waals surface area (Å²) < 4.78 is 22.6. The molecule has 4 aromatic rings. The van der Waals surface area contributed by atoms with Crippen LogP contribution in [0.1, 0.15) is 31.4 Å². The first-order valence-electron chi connectivity index (χ1n) is 11.3. The molecule has 34 heavy (non-hydrogen) atoms. The summed E-state index contributed by atoms with van der Waals surface area (Å²) in [6.45, 7) is 4.09. The second-order valence-electron chi connectivity index (χ2n) is 7.79.